The Bertz CT molecular complexity index is 384. The molecular weight excluding hydrogens is 278 g/mol. The van der Waals surface area contributed by atoms with Gasteiger partial charge in [0.15, 0.2) is 0 Å². The van der Waals surface area contributed by atoms with Crippen molar-refractivity contribution in [2.45, 2.75) is 57.8 Å². The van der Waals surface area contributed by atoms with E-state index in [4.69, 9.17) is 5.73 Å². The number of nitrogens with two attached hydrogens (primary N) is 1. The fourth-order valence-corrected chi connectivity index (χ4v) is 2.94. The normalized spacial score (nSPS) is 18.0. The molecule has 0 bridgehead atoms. The Labute approximate surface area is 111 Å². The molecule has 1 aromatic rings. The number of aryl methyl sites for hydroxylation is 1. The first-order valence-corrected chi connectivity index (χ1v) is 7.33. The van der Waals surface area contributed by atoms with E-state index in [1.54, 1.807) is 0 Å². The number of anilines is 1. The zero-order valence-electron chi connectivity index (χ0n) is 10.4. The molecule has 1 fully saturated rings. The van der Waals surface area contributed by atoms with Crippen LogP contribution < -0.4 is 5.73 Å². The molecule has 0 atom stereocenters. The fraction of sp³-hybridized carbons (Fsp3) is 0.692. The molecule has 1 aromatic heterocycles. The topological polar surface area (TPSA) is 51.8 Å². The Morgan fingerprint density at radius 3 is 2.41 bits per heavy atom. The van der Waals surface area contributed by atoms with Crippen LogP contribution in [0.25, 0.3) is 0 Å². The van der Waals surface area contributed by atoms with E-state index in [9.17, 15) is 0 Å². The Hall–Kier alpha value is -0.640. The molecule has 0 unspecified atom stereocenters. The zero-order chi connectivity index (χ0) is 12.3. The molecule has 0 radical (unpaired) electrons. The quantitative estimate of drug-likeness (QED) is 0.844. The Morgan fingerprint density at radius 1 is 1.18 bits per heavy atom. The fourth-order valence-electron chi connectivity index (χ4n) is 2.49. The van der Waals surface area contributed by atoms with Crippen molar-refractivity contribution in [2.75, 3.05) is 5.73 Å². The number of nitrogens with zero attached hydrogens (tertiary/aromatic N) is 2. The van der Waals surface area contributed by atoms with Crippen LogP contribution >= 0.6 is 15.9 Å². The molecule has 1 heterocycles. The van der Waals surface area contributed by atoms with Crippen LogP contribution in [0, 0.1) is 0 Å². The maximum Gasteiger partial charge on any atom is 0.141 e. The molecule has 4 heteroatoms. The molecule has 2 rings (SSSR count). The van der Waals surface area contributed by atoms with Gasteiger partial charge in [0.25, 0.3) is 0 Å². The summed E-state index contributed by atoms with van der Waals surface area (Å²) in [6.45, 7) is 2.10. The standard InChI is InChI=1S/C13H20BrN3/c1-2-10-11(14)12(15)17-13(16-10)9-7-5-3-4-6-8-9/h9H,2-8H2,1H3,(H2,15,16,17). The summed E-state index contributed by atoms with van der Waals surface area (Å²) in [5, 5.41) is 0. The second kappa shape index (κ2) is 5.80. The van der Waals surface area contributed by atoms with Gasteiger partial charge in [-0.2, -0.15) is 0 Å². The van der Waals surface area contributed by atoms with Crippen LogP contribution in [0.1, 0.15) is 62.9 Å². The lowest BCUT2D eigenvalue weighted by atomic mass is 9.99. The summed E-state index contributed by atoms with van der Waals surface area (Å²) >= 11 is 3.46. The van der Waals surface area contributed by atoms with Gasteiger partial charge in [-0.3, -0.25) is 0 Å². The van der Waals surface area contributed by atoms with Crippen molar-refractivity contribution in [1.29, 1.82) is 0 Å². The summed E-state index contributed by atoms with van der Waals surface area (Å²) < 4.78 is 0.873. The van der Waals surface area contributed by atoms with Gasteiger partial charge < -0.3 is 5.73 Å². The van der Waals surface area contributed by atoms with Crippen molar-refractivity contribution in [3.05, 3.63) is 16.0 Å². The molecule has 3 nitrogen and oxygen atoms in total. The van der Waals surface area contributed by atoms with Crippen molar-refractivity contribution >= 4 is 21.7 Å². The maximum atomic E-state index is 5.94. The van der Waals surface area contributed by atoms with Gasteiger partial charge in [0, 0.05) is 5.92 Å². The van der Waals surface area contributed by atoms with Gasteiger partial charge in [-0.05, 0) is 35.2 Å². The van der Waals surface area contributed by atoms with Gasteiger partial charge in [-0.15, -0.1) is 0 Å². The smallest absolute Gasteiger partial charge is 0.141 e. The number of nitrogen functional groups attached to an aromatic ring is 1. The summed E-state index contributed by atoms with van der Waals surface area (Å²) in [6.07, 6.45) is 8.62. The molecule has 1 saturated carbocycles. The van der Waals surface area contributed by atoms with E-state index in [2.05, 4.69) is 32.8 Å². The van der Waals surface area contributed by atoms with Gasteiger partial charge in [-0.1, -0.05) is 32.6 Å². The largest absolute Gasteiger partial charge is 0.383 e. The van der Waals surface area contributed by atoms with Crippen molar-refractivity contribution < 1.29 is 0 Å². The molecule has 94 valence electrons. The zero-order valence-corrected chi connectivity index (χ0v) is 12.0. The molecular formula is C13H20BrN3. The van der Waals surface area contributed by atoms with Crippen LogP contribution in [0.3, 0.4) is 0 Å². The third kappa shape index (κ3) is 2.97. The Morgan fingerprint density at radius 2 is 1.82 bits per heavy atom. The average Bonchev–Trinajstić information content (AvgIpc) is 2.61. The van der Waals surface area contributed by atoms with Gasteiger partial charge in [0.1, 0.15) is 11.6 Å². The molecule has 0 spiro atoms. The second-order valence-electron chi connectivity index (χ2n) is 4.77. The van der Waals surface area contributed by atoms with Crippen molar-refractivity contribution in [1.82, 2.24) is 9.97 Å². The predicted octanol–water partition coefficient (Wildman–Crippen LogP) is 3.82. The minimum Gasteiger partial charge on any atom is -0.383 e. The average molecular weight is 298 g/mol. The summed E-state index contributed by atoms with van der Waals surface area (Å²) in [7, 11) is 0. The van der Waals surface area contributed by atoms with Crippen LogP contribution in [-0.4, -0.2) is 9.97 Å². The van der Waals surface area contributed by atoms with Crippen molar-refractivity contribution in [3.8, 4) is 0 Å². The van der Waals surface area contributed by atoms with Gasteiger partial charge in [0.2, 0.25) is 0 Å². The van der Waals surface area contributed by atoms with Crippen LogP contribution in [-0.2, 0) is 6.42 Å². The van der Waals surface area contributed by atoms with Gasteiger partial charge in [-0.25, -0.2) is 9.97 Å². The van der Waals surface area contributed by atoms with Crippen LogP contribution in [0.5, 0.6) is 0 Å². The third-order valence-corrected chi connectivity index (χ3v) is 4.38. The van der Waals surface area contributed by atoms with Gasteiger partial charge >= 0.3 is 0 Å². The highest BCUT2D eigenvalue weighted by Crippen LogP contribution is 2.32. The minimum atomic E-state index is 0.512. The van der Waals surface area contributed by atoms with Crippen LogP contribution in [0.2, 0.25) is 0 Å². The second-order valence-corrected chi connectivity index (χ2v) is 5.56. The molecule has 0 amide bonds. The van der Waals surface area contributed by atoms with Crippen molar-refractivity contribution in [2.24, 2.45) is 0 Å². The SMILES string of the molecule is CCc1nc(C2CCCCCC2)nc(N)c1Br. The minimum absolute atomic E-state index is 0.512. The van der Waals surface area contributed by atoms with Gasteiger partial charge in [0.05, 0.1) is 10.2 Å². The highest BCUT2D eigenvalue weighted by molar-refractivity contribution is 9.10. The maximum absolute atomic E-state index is 5.94. The van der Waals surface area contributed by atoms with E-state index < -0.39 is 0 Å². The predicted molar refractivity (Wildman–Crippen MR) is 74.0 cm³/mol. The molecule has 0 aliphatic heterocycles. The van der Waals surface area contributed by atoms with Crippen molar-refractivity contribution in [3.63, 3.8) is 0 Å². The number of aromatic nitrogens is 2. The summed E-state index contributed by atoms with van der Waals surface area (Å²) in [5.41, 5.74) is 6.98. The lowest BCUT2D eigenvalue weighted by molar-refractivity contribution is 0.558. The molecule has 0 aromatic carbocycles. The van der Waals surface area contributed by atoms with Crippen LogP contribution in [0.15, 0.2) is 4.47 Å². The van der Waals surface area contributed by atoms with E-state index in [0.717, 1.165) is 22.4 Å². The molecule has 2 N–H and O–H groups in total. The summed E-state index contributed by atoms with van der Waals surface area (Å²) in [5.74, 6) is 2.07. The summed E-state index contributed by atoms with van der Waals surface area (Å²) in [6, 6.07) is 0. The van der Waals surface area contributed by atoms with E-state index in [1.165, 1.54) is 38.5 Å². The number of rotatable bonds is 2. The first-order valence-electron chi connectivity index (χ1n) is 6.54. The number of halogens is 1. The van der Waals surface area contributed by atoms with Crippen LogP contribution in [0.4, 0.5) is 5.82 Å². The summed E-state index contributed by atoms with van der Waals surface area (Å²) in [4.78, 5) is 9.15. The highest BCUT2D eigenvalue weighted by Gasteiger charge is 2.19. The number of hydrogen-bond donors (Lipinski definition) is 1. The Kier molecular flexibility index (Phi) is 4.37. The monoisotopic (exact) mass is 297 g/mol. The highest BCUT2D eigenvalue weighted by atomic mass is 79.9. The van der Waals surface area contributed by atoms with E-state index in [0.29, 0.717) is 11.7 Å². The molecule has 1 aliphatic rings. The molecule has 0 saturated heterocycles. The first kappa shape index (κ1) is 12.8. The lowest BCUT2D eigenvalue weighted by Crippen LogP contribution is -2.09. The van der Waals surface area contributed by atoms with E-state index in [1.807, 2.05) is 0 Å². The molecule has 17 heavy (non-hydrogen) atoms. The third-order valence-electron chi connectivity index (χ3n) is 3.52. The van der Waals surface area contributed by atoms with E-state index >= 15 is 0 Å². The number of hydrogen-bond acceptors (Lipinski definition) is 3. The lowest BCUT2D eigenvalue weighted by Gasteiger charge is -2.15. The first-order chi connectivity index (χ1) is 8.22. The molecule has 1 aliphatic carbocycles. The van der Waals surface area contributed by atoms with E-state index in [-0.39, 0.29) is 0 Å². The Balaban J connectivity index is 2.27.